The van der Waals surface area contributed by atoms with Crippen LogP contribution in [0.15, 0.2) is 54.9 Å². The smallest absolute Gasteiger partial charge is 0.320 e. The summed E-state index contributed by atoms with van der Waals surface area (Å²) in [4.78, 5) is 16.1. The molecule has 0 atom stereocenters. The molecule has 0 aliphatic rings. The maximum atomic E-state index is 12.0. The van der Waals surface area contributed by atoms with Gasteiger partial charge in [-0.1, -0.05) is 30.3 Å². The zero-order valence-electron chi connectivity index (χ0n) is 14.2. The predicted molar refractivity (Wildman–Crippen MR) is 100 cm³/mol. The summed E-state index contributed by atoms with van der Waals surface area (Å²) in [7, 11) is 1.78. The molecule has 26 heavy (non-hydrogen) atoms. The van der Waals surface area contributed by atoms with E-state index in [-0.39, 0.29) is 11.7 Å². The summed E-state index contributed by atoms with van der Waals surface area (Å²) >= 11 is 0. The summed E-state index contributed by atoms with van der Waals surface area (Å²) in [6, 6.07) is 12.5. The molecule has 0 spiro atoms. The third-order valence-corrected chi connectivity index (χ3v) is 3.71. The average Bonchev–Trinajstić information content (AvgIpc) is 3.07. The largest absolute Gasteiger partial charge is 0.398 e. The van der Waals surface area contributed by atoms with Gasteiger partial charge in [-0.2, -0.15) is 5.10 Å². The van der Waals surface area contributed by atoms with Gasteiger partial charge in [0, 0.05) is 43.3 Å². The van der Waals surface area contributed by atoms with E-state index in [0.29, 0.717) is 29.3 Å². The first-order valence-electron chi connectivity index (χ1n) is 7.96. The second-order valence-electron chi connectivity index (χ2n) is 5.70. The highest BCUT2D eigenvalue weighted by molar-refractivity contribution is 6.12. The average molecular weight is 349 g/mol. The summed E-state index contributed by atoms with van der Waals surface area (Å²) in [6.45, 7) is 0.407. The van der Waals surface area contributed by atoms with E-state index in [1.165, 1.54) is 12.3 Å². The van der Waals surface area contributed by atoms with Gasteiger partial charge < -0.3 is 11.1 Å². The van der Waals surface area contributed by atoms with Gasteiger partial charge in [-0.3, -0.25) is 15.4 Å². The Bertz CT molecular complexity index is 934. The Labute approximate surface area is 150 Å². The van der Waals surface area contributed by atoms with E-state index >= 15 is 0 Å². The van der Waals surface area contributed by atoms with Gasteiger partial charge in [-0.25, -0.2) is 9.78 Å². The molecule has 3 aromatic rings. The third kappa shape index (κ3) is 4.04. The minimum atomic E-state index is -0.381. The van der Waals surface area contributed by atoms with Crippen LogP contribution < -0.4 is 16.4 Å². The van der Waals surface area contributed by atoms with Crippen molar-refractivity contribution in [2.75, 3.05) is 11.1 Å². The van der Waals surface area contributed by atoms with Crippen molar-refractivity contribution < 1.29 is 4.79 Å². The predicted octanol–water partition coefficient (Wildman–Crippen LogP) is 2.14. The van der Waals surface area contributed by atoms with Crippen molar-refractivity contribution in [3.63, 3.8) is 0 Å². The highest BCUT2D eigenvalue weighted by Gasteiger charge is 2.13. The van der Waals surface area contributed by atoms with Crippen molar-refractivity contribution in [2.24, 2.45) is 7.05 Å². The number of aromatic nitrogens is 3. The lowest BCUT2D eigenvalue weighted by Gasteiger charge is -2.10. The number of aryl methyl sites for hydroxylation is 1. The number of nitrogens with two attached hydrogens (primary N) is 1. The summed E-state index contributed by atoms with van der Waals surface area (Å²) in [5.74, 6) is 0.311. The van der Waals surface area contributed by atoms with Crippen molar-refractivity contribution >= 4 is 23.2 Å². The van der Waals surface area contributed by atoms with E-state index in [1.54, 1.807) is 24.0 Å². The number of nitrogens with one attached hydrogen (secondary N) is 3. The molecule has 0 bridgehead atoms. The molecule has 0 aliphatic heterocycles. The molecule has 0 saturated heterocycles. The highest BCUT2D eigenvalue weighted by Crippen LogP contribution is 2.18. The van der Waals surface area contributed by atoms with E-state index < -0.39 is 0 Å². The van der Waals surface area contributed by atoms with Crippen molar-refractivity contribution in [1.82, 2.24) is 20.1 Å². The molecule has 8 nitrogen and oxygen atoms in total. The fourth-order valence-corrected chi connectivity index (χ4v) is 2.37. The van der Waals surface area contributed by atoms with Crippen LogP contribution in [0.1, 0.15) is 16.8 Å². The molecule has 2 aromatic heterocycles. The number of hydrogen-bond donors (Lipinski definition) is 4. The minimum absolute atomic E-state index is 0.177. The van der Waals surface area contributed by atoms with E-state index in [4.69, 9.17) is 11.1 Å². The van der Waals surface area contributed by atoms with Gasteiger partial charge in [-0.05, 0) is 11.6 Å². The van der Waals surface area contributed by atoms with Crippen molar-refractivity contribution in [3.05, 3.63) is 71.7 Å². The molecule has 1 aromatic carbocycles. The maximum absolute atomic E-state index is 12.0. The topological polar surface area (TPSA) is 122 Å². The molecular weight excluding hydrogens is 330 g/mol. The quantitative estimate of drug-likeness (QED) is 0.527. The van der Waals surface area contributed by atoms with Crippen LogP contribution in [0.5, 0.6) is 0 Å². The van der Waals surface area contributed by atoms with Crippen LogP contribution in [0.25, 0.3) is 0 Å². The first-order chi connectivity index (χ1) is 12.5. The normalized spacial score (nSPS) is 10.3. The van der Waals surface area contributed by atoms with Gasteiger partial charge in [0.15, 0.2) is 0 Å². The van der Waals surface area contributed by atoms with Gasteiger partial charge in [0.2, 0.25) is 0 Å². The minimum Gasteiger partial charge on any atom is -0.398 e. The van der Waals surface area contributed by atoms with E-state index in [2.05, 4.69) is 20.7 Å². The molecule has 0 radical (unpaired) electrons. The lowest BCUT2D eigenvalue weighted by molar-refractivity contribution is 0.251. The van der Waals surface area contributed by atoms with Crippen LogP contribution in [-0.4, -0.2) is 26.5 Å². The molecule has 2 heterocycles. The first kappa shape index (κ1) is 17.2. The molecule has 0 saturated carbocycles. The molecule has 0 unspecified atom stereocenters. The van der Waals surface area contributed by atoms with Crippen LogP contribution in [0.2, 0.25) is 0 Å². The number of pyridine rings is 1. The van der Waals surface area contributed by atoms with E-state index in [9.17, 15) is 4.79 Å². The number of carbonyl (C=O) groups is 1. The summed E-state index contributed by atoms with van der Waals surface area (Å²) < 4.78 is 1.61. The van der Waals surface area contributed by atoms with Gasteiger partial charge in [0.25, 0.3) is 0 Å². The first-order valence-corrected chi connectivity index (χ1v) is 7.96. The van der Waals surface area contributed by atoms with Gasteiger partial charge in [0.1, 0.15) is 11.5 Å². The zero-order chi connectivity index (χ0) is 18.5. The number of hydrogen-bond acceptors (Lipinski definition) is 5. The van der Waals surface area contributed by atoms with Gasteiger partial charge in [-0.15, -0.1) is 0 Å². The monoisotopic (exact) mass is 349 g/mol. The Morgan fingerprint density at radius 1 is 1.27 bits per heavy atom. The van der Waals surface area contributed by atoms with Crippen LogP contribution >= 0.6 is 0 Å². The molecule has 8 heteroatoms. The van der Waals surface area contributed by atoms with Crippen LogP contribution in [-0.2, 0) is 13.6 Å². The number of amides is 2. The molecule has 5 N–H and O–H groups in total. The van der Waals surface area contributed by atoms with Crippen molar-refractivity contribution in [1.29, 1.82) is 5.41 Å². The van der Waals surface area contributed by atoms with Gasteiger partial charge >= 0.3 is 6.03 Å². The Morgan fingerprint density at radius 3 is 2.69 bits per heavy atom. The number of rotatable bonds is 5. The Kier molecular flexibility index (Phi) is 4.93. The SMILES string of the molecule is Cn1ccc(C(=N)c2cnc(NC(=O)NCc3ccccc3)cc2N)n1. The molecule has 0 fully saturated rings. The summed E-state index contributed by atoms with van der Waals surface area (Å²) in [6.07, 6.45) is 3.21. The standard InChI is InChI=1S/C18H19N7O/c1-25-8-7-15(24-25)17(20)13-11-21-16(9-14(13)19)23-18(26)22-10-12-5-3-2-4-6-12/h2-9,11,20H,10H2,1H3,(H4,19,21,22,23,26). The molecule has 132 valence electrons. The number of nitrogens with zero attached hydrogens (tertiary/aromatic N) is 3. The maximum Gasteiger partial charge on any atom is 0.320 e. The number of urea groups is 1. The second-order valence-corrected chi connectivity index (χ2v) is 5.70. The van der Waals surface area contributed by atoms with Crippen molar-refractivity contribution in [3.8, 4) is 0 Å². The molecule has 2 amide bonds. The van der Waals surface area contributed by atoms with Crippen LogP contribution in [0.3, 0.4) is 0 Å². The molecular formula is C18H19N7O. The molecule has 0 aliphatic carbocycles. The Balaban J connectivity index is 1.63. The summed E-state index contributed by atoms with van der Waals surface area (Å²) in [5.41, 5.74) is 8.49. The number of nitrogen functional groups attached to an aromatic ring is 1. The van der Waals surface area contributed by atoms with E-state index in [0.717, 1.165) is 5.56 Å². The second kappa shape index (κ2) is 7.47. The fraction of sp³-hybridized carbons (Fsp3) is 0.111. The van der Waals surface area contributed by atoms with Gasteiger partial charge in [0.05, 0.1) is 5.71 Å². The third-order valence-electron chi connectivity index (χ3n) is 3.71. The van der Waals surface area contributed by atoms with Crippen LogP contribution in [0, 0.1) is 5.41 Å². The van der Waals surface area contributed by atoms with Crippen molar-refractivity contribution in [2.45, 2.75) is 6.54 Å². The number of benzene rings is 1. The lowest BCUT2D eigenvalue weighted by atomic mass is 10.1. The summed E-state index contributed by atoms with van der Waals surface area (Å²) in [5, 5.41) is 17.8. The lowest BCUT2D eigenvalue weighted by Crippen LogP contribution is -2.28. The number of carbonyl (C=O) groups excluding carboxylic acids is 1. The Morgan fingerprint density at radius 2 is 2.04 bits per heavy atom. The van der Waals surface area contributed by atoms with Crippen LogP contribution in [0.4, 0.5) is 16.3 Å². The Hall–Kier alpha value is -3.68. The molecule has 3 rings (SSSR count). The number of anilines is 2. The highest BCUT2D eigenvalue weighted by atomic mass is 16.2. The van der Waals surface area contributed by atoms with E-state index in [1.807, 2.05) is 30.3 Å². The zero-order valence-corrected chi connectivity index (χ0v) is 14.2. The fourth-order valence-electron chi connectivity index (χ4n) is 2.37.